The first-order valence-corrected chi connectivity index (χ1v) is 5.07. The van der Waals surface area contributed by atoms with Gasteiger partial charge in [-0.3, -0.25) is 4.79 Å². The third kappa shape index (κ3) is 2.07. The molecule has 4 nitrogen and oxygen atoms in total. The molecule has 5 heteroatoms. The molecule has 0 atom stereocenters. The smallest absolute Gasteiger partial charge is 0.273 e. The zero-order valence-electron chi connectivity index (χ0n) is 7.72. The van der Waals surface area contributed by atoms with Gasteiger partial charge in [-0.05, 0) is 18.2 Å². The molecule has 0 amide bonds. The molecule has 1 aromatic carbocycles. The highest BCUT2D eigenvalue weighted by Gasteiger charge is 2.01. The molecule has 0 spiro atoms. The zero-order chi connectivity index (χ0) is 10.8. The minimum Gasteiger partial charge on any atom is -0.397 e. The summed E-state index contributed by atoms with van der Waals surface area (Å²) in [6.45, 7) is 0. The van der Waals surface area contributed by atoms with E-state index >= 15 is 0 Å². The normalized spacial score (nSPS) is 10.2. The highest BCUT2D eigenvalue weighted by molar-refractivity contribution is 9.10. The molecule has 76 valence electrons. The summed E-state index contributed by atoms with van der Waals surface area (Å²) in [6, 6.07) is 8.67. The van der Waals surface area contributed by atoms with Crippen molar-refractivity contribution in [1.82, 2.24) is 9.78 Å². The second kappa shape index (κ2) is 3.86. The first-order chi connectivity index (χ1) is 7.16. The molecule has 0 fully saturated rings. The Morgan fingerprint density at radius 2 is 2.13 bits per heavy atom. The molecular weight excluding hydrogens is 258 g/mol. The number of nitrogens with zero attached hydrogens (tertiary/aromatic N) is 2. The number of nitrogens with two attached hydrogens (primary N) is 1. The third-order valence-electron chi connectivity index (χ3n) is 1.87. The summed E-state index contributed by atoms with van der Waals surface area (Å²) >= 11 is 3.33. The van der Waals surface area contributed by atoms with E-state index in [1.165, 1.54) is 16.9 Å². The van der Waals surface area contributed by atoms with E-state index in [0.29, 0.717) is 11.4 Å². The van der Waals surface area contributed by atoms with Crippen molar-refractivity contribution in [3.8, 4) is 5.69 Å². The Bertz CT molecular complexity index is 550. The fourth-order valence-corrected chi connectivity index (χ4v) is 1.61. The van der Waals surface area contributed by atoms with Crippen LogP contribution in [0.1, 0.15) is 0 Å². The molecule has 2 rings (SSSR count). The molecular formula is C10H8BrN3O. The number of rotatable bonds is 1. The molecule has 2 N–H and O–H groups in total. The van der Waals surface area contributed by atoms with Gasteiger partial charge in [-0.15, -0.1) is 0 Å². The van der Waals surface area contributed by atoms with Gasteiger partial charge in [-0.1, -0.05) is 22.0 Å². The fourth-order valence-electron chi connectivity index (χ4n) is 1.22. The van der Waals surface area contributed by atoms with Gasteiger partial charge in [-0.2, -0.15) is 9.78 Å². The lowest BCUT2D eigenvalue weighted by atomic mass is 10.3. The van der Waals surface area contributed by atoms with E-state index in [0.717, 1.165) is 4.47 Å². The van der Waals surface area contributed by atoms with Crippen molar-refractivity contribution >= 4 is 21.6 Å². The van der Waals surface area contributed by atoms with Crippen molar-refractivity contribution in [3.63, 3.8) is 0 Å². The van der Waals surface area contributed by atoms with E-state index in [-0.39, 0.29) is 5.56 Å². The maximum atomic E-state index is 11.6. The Morgan fingerprint density at radius 3 is 2.80 bits per heavy atom. The Labute approximate surface area is 94.5 Å². The molecule has 1 aromatic heterocycles. The highest BCUT2D eigenvalue weighted by atomic mass is 79.9. The van der Waals surface area contributed by atoms with E-state index < -0.39 is 0 Å². The van der Waals surface area contributed by atoms with Crippen LogP contribution in [0.5, 0.6) is 0 Å². The first-order valence-electron chi connectivity index (χ1n) is 4.27. The second-order valence-electron chi connectivity index (χ2n) is 3.02. The molecule has 0 aliphatic rings. The predicted octanol–water partition coefficient (Wildman–Crippen LogP) is 1.58. The van der Waals surface area contributed by atoms with Crippen LogP contribution in [-0.4, -0.2) is 9.78 Å². The van der Waals surface area contributed by atoms with Crippen molar-refractivity contribution in [3.05, 3.63) is 51.4 Å². The summed E-state index contributed by atoms with van der Waals surface area (Å²) in [7, 11) is 0. The minimum absolute atomic E-state index is 0.242. The van der Waals surface area contributed by atoms with Crippen LogP contribution in [0.4, 0.5) is 5.69 Å². The Morgan fingerprint density at radius 1 is 1.33 bits per heavy atom. The number of benzene rings is 1. The van der Waals surface area contributed by atoms with Crippen molar-refractivity contribution in [2.75, 3.05) is 5.73 Å². The third-order valence-corrected chi connectivity index (χ3v) is 2.37. The Kier molecular flexibility index (Phi) is 2.55. The van der Waals surface area contributed by atoms with Gasteiger partial charge in [0.1, 0.15) is 0 Å². The standard InChI is InChI=1S/C10H8BrN3O/c11-7-2-1-3-9(4-7)14-10(15)5-8(12)6-13-14/h1-6H,12H2. The predicted molar refractivity (Wildman–Crippen MR) is 61.9 cm³/mol. The molecule has 0 saturated carbocycles. The van der Waals surface area contributed by atoms with Crippen molar-refractivity contribution < 1.29 is 0 Å². The van der Waals surface area contributed by atoms with Crippen LogP contribution in [0, 0.1) is 0 Å². The zero-order valence-corrected chi connectivity index (χ0v) is 9.31. The Balaban J connectivity index is 2.59. The minimum atomic E-state index is -0.242. The van der Waals surface area contributed by atoms with E-state index in [9.17, 15) is 4.79 Å². The number of nitrogen functional groups attached to an aromatic ring is 1. The van der Waals surface area contributed by atoms with Crippen LogP contribution in [0.25, 0.3) is 5.69 Å². The lowest BCUT2D eigenvalue weighted by Gasteiger charge is -2.04. The summed E-state index contributed by atoms with van der Waals surface area (Å²) in [4.78, 5) is 11.6. The van der Waals surface area contributed by atoms with Crippen LogP contribution in [0.3, 0.4) is 0 Å². The molecule has 0 saturated heterocycles. The number of aromatic nitrogens is 2. The van der Waals surface area contributed by atoms with Crippen LogP contribution in [0.2, 0.25) is 0 Å². The number of hydrogen-bond donors (Lipinski definition) is 1. The van der Waals surface area contributed by atoms with E-state index in [1.54, 1.807) is 6.07 Å². The van der Waals surface area contributed by atoms with Gasteiger partial charge >= 0.3 is 0 Å². The van der Waals surface area contributed by atoms with E-state index in [2.05, 4.69) is 21.0 Å². The van der Waals surface area contributed by atoms with Gasteiger partial charge in [0.15, 0.2) is 0 Å². The van der Waals surface area contributed by atoms with Crippen LogP contribution < -0.4 is 11.3 Å². The lowest BCUT2D eigenvalue weighted by molar-refractivity contribution is 0.808. The maximum absolute atomic E-state index is 11.6. The summed E-state index contributed by atoms with van der Waals surface area (Å²) in [5, 5.41) is 3.95. The molecule has 0 unspecified atom stereocenters. The molecule has 1 heterocycles. The molecule has 0 aliphatic carbocycles. The summed E-state index contributed by atoms with van der Waals surface area (Å²) in [5.74, 6) is 0. The molecule has 15 heavy (non-hydrogen) atoms. The average molecular weight is 266 g/mol. The van der Waals surface area contributed by atoms with Crippen LogP contribution >= 0.6 is 15.9 Å². The van der Waals surface area contributed by atoms with Crippen molar-refractivity contribution in [1.29, 1.82) is 0 Å². The van der Waals surface area contributed by atoms with E-state index in [4.69, 9.17) is 5.73 Å². The van der Waals surface area contributed by atoms with Crippen molar-refractivity contribution in [2.24, 2.45) is 0 Å². The largest absolute Gasteiger partial charge is 0.397 e. The SMILES string of the molecule is Nc1cnn(-c2cccc(Br)c2)c(=O)c1. The van der Waals surface area contributed by atoms with Gasteiger partial charge in [-0.25, -0.2) is 0 Å². The lowest BCUT2D eigenvalue weighted by Crippen LogP contribution is -2.20. The molecule has 0 aliphatic heterocycles. The quantitative estimate of drug-likeness (QED) is 0.852. The van der Waals surface area contributed by atoms with Gasteiger partial charge < -0.3 is 5.73 Å². The average Bonchev–Trinajstić information content (AvgIpc) is 2.17. The number of halogens is 1. The van der Waals surface area contributed by atoms with Gasteiger partial charge in [0.2, 0.25) is 0 Å². The number of hydrogen-bond acceptors (Lipinski definition) is 3. The number of anilines is 1. The summed E-state index contributed by atoms with van der Waals surface area (Å²) < 4.78 is 2.19. The van der Waals surface area contributed by atoms with Gasteiger partial charge in [0, 0.05) is 10.5 Å². The maximum Gasteiger partial charge on any atom is 0.273 e. The van der Waals surface area contributed by atoms with Gasteiger partial charge in [0.05, 0.1) is 17.6 Å². The van der Waals surface area contributed by atoms with Crippen LogP contribution in [-0.2, 0) is 0 Å². The Hall–Kier alpha value is -1.62. The summed E-state index contributed by atoms with van der Waals surface area (Å²) in [5.41, 5.74) is 6.28. The second-order valence-corrected chi connectivity index (χ2v) is 3.93. The monoisotopic (exact) mass is 265 g/mol. The van der Waals surface area contributed by atoms with Crippen LogP contribution in [0.15, 0.2) is 45.8 Å². The first kappa shape index (κ1) is 9.92. The molecule has 2 aromatic rings. The van der Waals surface area contributed by atoms with E-state index in [1.807, 2.05) is 18.2 Å². The summed E-state index contributed by atoms with van der Waals surface area (Å²) in [6.07, 6.45) is 1.45. The van der Waals surface area contributed by atoms with Gasteiger partial charge in [0.25, 0.3) is 5.56 Å². The highest BCUT2D eigenvalue weighted by Crippen LogP contribution is 2.13. The fraction of sp³-hybridized carbons (Fsp3) is 0. The molecule has 0 radical (unpaired) electrons. The topological polar surface area (TPSA) is 60.9 Å². The van der Waals surface area contributed by atoms with Crippen molar-refractivity contribution in [2.45, 2.75) is 0 Å². The molecule has 0 bridgehead atoms.